The van der Waals surface area contributed by atoms with Crippen molar-refractivity contribution in [3.05, 3.63) is 17.8 Å². The summed E-state index contributed by atoms with van der Waals surface area (Å²) in [6.07, 6.45) is 0. The topological polar surface area (TPSA) is 41.0 Å². The summed E-state index contributed by atoms with van der Waals surface area (Å²) in [7, 11) is 0. The van der Waals surface area contributed by atoms with Gasteiger partial charge in [-0.25, -0.2) is 0 Å². The van der Waals surface area contributed by atoms with Crippen LogP contribution in [-0.2, 0) is 6.54 Å². The Balaban J connectivity index is 2.54. The lowest BCUT2D eigenvalue weighted by Gasteiger charge is -2.23. The van der Waals surface area contributed by atoms with Crippen molar-refractivity contribution in [3.8, 4) is 0 Å². The van der Waals surface area contributed by atoms with E-state index < -0.39 is 0 Å². The summed E-state index contributed by atoms with van der Waals surface area (Å²) in [5.74, 6) is 2.27. The lowest BCUT2D eigenvalue weighted by atomic mass is 10.2. The summed E-state index contributed by atoms with van der Waals surface area (Å²) in [6.45, 7) is 14.8. The van der Waals surface area contributed by atoms with Crippen LogP contribution in [0.15, 0.2) is 12.1 Å². The Morgan fingerprint density at radius 2 is 1.84 bits per heavy atom. The Hall–Kier alpha value is -1.16. The summed E-state index contributed by atoms with van der Waals surface area (Å²) < 4.78 is 0. The van der Waals surface area contributed by atoms with E-state index in [1.165, 1.54) is 0 Å². The Morgan fingerprint density at radius 1 is 1.11 bits per heavy atom. The van der Waals surface area contributed by atoms with Gasteiger partial charge in [0.15, 0.2) is 5.82 Å². The van der Waals surface area contributed by atoms with Crippen LogP contribution in [0.25, 0.3) is 0 Å². The maximum absolute atomic E-state index is 4.34. The molecule has 0 unspecified atom stereocenters. The van der Waals surface area contributed by atoms with Crippen LogP contribution in [0.5, 0.6) is 0 Å². The highest BCUT2D eigenvalue weighted by molar-refractivity contribution is 5.37. The van der Waals surface area contributed by atoms with E-state index in [9.17, 15) is 0 Å². The lowest BCUT2D eigenvalue weighted by molar-refractivity contribution is 0.545. The van der Waals surface area contributed by atoms with Gasteiger partial charge >= 0.3 is 0 Å². The van der Waals surface area contributed by atoms with Crippen LogP contribution in [0, 0.1) is 11.8 Å². The van der Waals surface area contributed by atoms with Crippen molar-refractivity contribution in [2.45, 2.75) is 41.2 Å². The first kappa shape index (κ1) is 15.9. The first-order chi connectivity index (χ1) is 9.02. The number of nitrogens with one attached hydrogen (secondary N) is 1. The fourth-order valence-electron chi connectivity index (χ4n) is 1.93. The monoisotopic (exact) mass is 264 g/mol. The number of rotatable bonds is 8. The molecule has 4 heteroatoms. The molecule has 0 bridgehead atoms. The molecule has 0 fully saturated rings. The van der Waals surface area contributed by atoms with Gasteiger partial charge in [0.1, 0.15) is 0 Å². The molecule has 0 saturated carbocycles. The second-order valence-electron chi connectivity index (χ2n) is 5.84. The number of hydrogen-bond acceptors (Lipinski definition) is 4. The molecule has 0 aliphatic carbocycles. The fraction of sp³-hybridized carbons (Fsp3) is 0.733. The lowest BCUT2D eigenvalue weighted by Crippen LogP contribution is -2.28. The van der Waals surface area contributed by atoms with Crippen molar-refractivity contribution in [1.82, 2.24) is 15.5 Å². The standard InChI is InChI=1S/C15H28N4/c1-6-19(11-13(4)5)15-8-7-14(17-18-15)10-16-9-12(2)3/h7-8,12-13,16H,6,9-11H2,1-5H3. The van der Waals surface area contributed by atoms with E-state index in [-0.39, 0.29) is 0 Å². The second kappa shape index (κ2) is 8.10. The average Bonchev–Trinajstić information content (AvgIpc) is 2.36. The molecule has 0 aliphatic heterocycles. The molecule has 1 aromatic heterocycles. The third-order valence-electron chi connectivity index (χ3n) is 2.86. The van der Waals surface area contributed by atoms with Gasteiger partial charge in [-0.15, -0.1) is 5.10 Å². The van der Waals surface area contributed by atoms with Gasteiger partial charge in [0.2, 0.25) is 0 Å². The molecule has 0 amide bonds. The fourth-order valence-corrected chi connectivity index (χ4v) is 1.93. The van der Waals surface area contributed by atoms with Crippen LogP contribution in [0.4, 0.5) is 5.82 Å². The van der Waals surface area contributed by atoms with Gasteiger partial charge in [-0.1, -0.05) is 27.7 Å². The Kier molecular flexibility index (Phi) is 6.78. The minimum Gasteiger partial charge on any atom is -0.355 e. The van der Waals surface area contributed by atoms with E-state index in [1.54, 1.807) is 0 Å². The van der Waals surface area contributed by atoms with Crippen LogP contribution >= 0.6 is 0 Å². The minimum absolute atomic E-state index is 0.633. The van der Waals surface area contributed by atoms with Crippen molar-refractivity contribution >= 4 is 5.82 Å². The molecule has 0 spiro atoms. The zero-order chi connectivity index (χ0) is 14.3. The zero-order valence-corrected chi connectivity index (χ0v) is 13.0. The molecule has 0 aromatic carbocycles. The third-order valence-corrected chi connectivity index (χ3v) is 2.86. The van der Waals surface area contributed by atoms with Crippen molar-refractivity contribution in [3.63, 3.8) is 0 Å². The summed E-state index contributed by atoms with van der Waals surface area (Å²) >= 11 is 0. The van der Waals surface area contributed by atoms with Crippen molar-refractivity contribution < 1.29 is 0 Å². The molecule has 0 saturated heterocycles. The molecule has 4 nitrogen and oxygen atoms in total. The molecule has 1 N–H and O–H groups in total. The van der Waals surface area contributed by atoms with Crippen LogP contribution in [0.2, 0.25) is 0 Å². The predicted molar refractivity (Wildman–Crippen MR) is 81.3 cm³/mol. The van der Waals surface area contributed by atoms with E-state index in [0.717, 1.165) is 37.7 Å². The highest BCUT2D eigenvalue weighted by atomic mass is 15.3. The van der Waals surface area contributed by atoms with E-state index in [4.69, 9.17) is 0 Å². The van der Waals surface area contributed by atoms with Gasteiger partial charge in [-0.2, -0.15) is 5.10 Å². The van der Waals surface area contributed by atoms with E-state index in [2.05, 4.69) is 67.2 Å². The SMILES string of the molecule is CCN(CC(C)C)c1ccc(CNCC(C)C)nn1. The first-order valence-electron chi connectivity index (χ1n) is 7.31. The van der Waals surface area contributed by atoms with Gasteiger partial charge in [0.05, 0.1) is 5.69 Å². The van der Waals surface area contributed by atoms with Crippen LogP contribution in [0.3, 0.4) is 0 Å². The molecule has 1 aromatic rings. The largest absolute Gasteiger partial charge is 0.355 e. The van der Waals surface area contributed by atoms with E-state index in [1.807, 2.05) is 0 Å². The zero-order valence-electron chi connectivity index (χ0n) is 13.0. The molecule has 0 radical (unpaired) electrons. The van der Waals surface area contributed by atoms with Crippen molar-refractivity contribution in [2.24, 2.45) is 11.8 Å². The molecule has 0 atom stereocenters. The number of anilines is 1. The van der Waals surface area contributed by atoms with E-state index >= 15 is 0 Å². The number of aromatic nitrogens is 2. The Bertz CT molecular complexity index is 346. The summed E-state index contributed by atoms with van der Waals surface area (Å²) in [5, 5.41) is 12.0. The van der Waals surface area contributed by atoms with Crippen LogP contribution in [0.1, 0.15) is 40.3 Å². The van der Waals surface area contributed by atoms with E-state index in [0.29, 0.717) is 11.8 Å². The van der Waals surface area contributed by atoms with Gasteiger partial charge in [-0.05, 0) is 37.4 Å². The van der Waals surface area contributed by atoms with Crippen molar-refractivity contribution in [2.75, 3.05) is 24.5 Å². The average molecular weight is 264 g/mol. The molecular weight excluding hydrogens is 236 g/mol. The molecule has 1 heterocycles. The third kappa shape index (κ3) is 6.01. The molecule has 19 heavy (non-hydrogen) atoms. The normalized spacial score (nSPS) is 11.3. The summed E-state index contributed by atoms with van der Waals surface area (Å²) in [6, 6.07) is 4.14. The second-order valence-corrected chi connectivity index (χ2v) is 5.84. The maximum Gasteiger partial charge on any atom is 0.151 e. The summed E-state index contributed by atoms with van der Waals surface area (Å²) in [4.78, 5) is 2.27. The minimum atomic E-state index is 0.633. The number of hydrogen-bond donors (Lipinski definition) is 1. The molecule has 108 valence electrons. The highest BCUT2D eigenvalue weighted by Crippen LogP contribution is 2.11. The highest BCUT2D eigenvalue weighted by Gasteiger charge is 2.08. The molecule has 0 aliphatic rings. The Labute approximate surface area is 117 Å². The summed E-state index contributed by atoms with van der Waals surface area (Å²) in [5.41, 5.74) is 1.00. The van der Waals surface area contributed by atoms with Gasteiger partial charge < -0.3 is 10.2 Å². The van der Waals surface area contributed by atoms with Crippen LogP contribution < -0.4 is 10.2 Å². The predicted octanol–water partition coefficient (Wildman–Crippen LogP) is 2.70. The van der Waals surface area contributed by atoms with Gasteiger partial charge in [0.25, 0.3) is 0 Å². The first-order valence-corrected chi connectivity index (χ1v) is 7.31. The smallest absolute Gasteiger partial charge is 0.151 e. The molecular formula is C15H28N4. The van der Waals surface area contributed by atoms with Crippen molar-refractivity contribution in [1.29, 1.82) is 0 Å². The van der Waals surface area contributed by atoms with Gasteiger partial charge in [0, 0.05) is 19.6 Å². The number of nitrogens with zero attached hydrogens (tertiary/aromatic N) is 3. The van der Waals surface area contributed by atoms with Gasteiger partial charge in [-0.3, -0.25) is 0 Å². The van der Waals surface area contributed by atoms with Crippen LogP contribution in [-0.4, -0.2) is 29.8 Å². The Morgan fingerprint density at radius 3 is 2.32 bits per heavy atom. The molecule has 1 rings (SSSR count). The maximum atomic E-state index is 4.34. The quantitative estimate of drug-likeness (QED) is 0.784.